The molecular formula is C16H18O3. The molecule has 2 aliphatic rings. The summed E-state index contributed by atoms with van der Waals surface area (Å²) in [7, 11) is 0. The normalized spacial score (nSPS) is 17.2. The molecule has 2 aliphatic carbocycles. The van der Waals surface area contributed by atoms with E-state index >= 15 is 0 Å². The van der Waals surface area contributed by atoms with Crippen LogP contribution in [0.25, 0.3) is 0 Å². The number of rotatable bonds is 0. The van der Waals surface area contributed by atoms with Crippen LogP contribution in [0.1, 0.15) is 53.1 Å². The quantitative estimate of drug-likeness (QED) is 0.718. The maximum atomic E-state index is 11.1. The summed E-state index contributed by atoms with van der Waals surface area (Å²) in [6.45, 7) is 0. The second kappa shape index (κ2) is 5.47. The van der Waals surface area contributed by atoms with E-state index in [1.807, 2.05) is 0 Å². The van der Waals surface area contributed by atoms with Crippen LogP contribution in [0, 0.1) is 0 Å². The van der Waals surface area contributed by atoms with Crippen molar-refractivity contribution in [3.63, 3.8) is 0 Å². The van der Waals surface area contributed by atoms with Gasteiger partial charge in [-0.2, -0.15) is 0 Å². The SMILES string of the molecule is O=C1CCCc2occc21.c1cc2c(o1)CCCC2. The fourth-order valence-corrected chi connectivity index (χ4v) is 2.74. The molecule has 19 heavy (non-hydrogen) atoms. The molecule has 2 aromatic heterocycles. The van der Waals surface area contributed by atoms with Gasteiger partial charge in [0.1, 0.15) is 11.5 Å². The number of hydrogen-bond acceptors (Lipinski definition) is 3. The van der Waals surface area contributed by atoms with Gasteiger partial charge in [-0.25, -0.2) is 0 Å². The molecule has 0 fully saturated rings. The zero-order chi connectivity index (χ0) is 13.1. The summed E-state index contributed by atoms with van der Waals surface area (Å²) >= 11 is 0. The highest BCUT2D eigenvalue weighted by Crippen LogP contribution is 2.21. The highest BCUT2D eigenvalue weighted by molar-refractivity contribution is 5.97. The lowest BCUT2D eigenvalue weighted by Crippen LogP contribution is -2.07. The van der Waals surface area contributed by atoms with Crippen LogP contribution in [0.5, 0.6) is 0 Å². The Labute approximate surface area is 112 Å². The minimum atomic E-state index is 0.231. The summed E-state index contributed by atoms with van der Waals surface area (Å²) in [5, 5.41) is 0. The van der Waals surface area contributed by atoms with E-state index in [4.69, 9.17) is 8.83 Å². The zero-order valence-electron chi connectivity index (χ0n) is 11.0. The summed E-state index contributed by atoms with van der Waals surface area (Å²) in [5.41, 5.74) is 2.23. The van der Waals surface area contributed by atoms with Crippen LogP contribution in [0.15, 0.2) is 33.5 Å². The van der Waals surface area contributed by atoms with Crippen LogP contribution >= 0.6 is 0 Å². The maximum Gasteiger partial charge on any atom is 0.166 e. The van der Waals surface area contributed by atoms with Gasteiger partial charge in [-0.3, -0.25) is 4.79 Å². The van der Waals surface area contributed by atoms with Crippen LogP contribution in [0.4, 0.5) is 0 Å². The first-order chi connectivity index (χ1) is 9.34. The van der Waals surface area contributed by atoms with Crippen LogP contribution in [-0.4, -0.2) is 5.78 Å². The van der Waals surface area contributed by atoms with Gasteiger partial charge in [-0.15, -0.1) is 0 Å². The third-order valence-corrected chi connectivity index (χ3v) is 3.79. The Kier molecular flexibility index (Phi) is 3.53. The van der Waals surface area contributed by atoms with Crippen molar-refractivity contribution in [2.24, 2.45) is 0 Å². The summed E-state index contributed by atoms with van der Waals surface area (Å²) in [6, 6.07) is 3.85. The molecule has 0 unspecified atom stereocenters. The first-order valence-corrected chi connectivity index (χ1v) is 6.99. The number of carbonyl (C=O) groups excluding carboxylic acids is 1. The van der Waals surface area contributed by atoms with Crippen LogP contribution < -0.4 is 0 Å². The van der Waals surface area contributed by atoms with E-state index in [0.717, 1.165) is 30.6 Å². The molecule has 2 heterocycles. The summed E-state index contributed by atoms with van der Waals surface area (Å²) < 4.78 is 10.4. The molecule has 0 amide bonds. The molecule has 0 N–H and O–H groups in total. The van der Waals surface area contributed by atoms with E-state index in [2.05, 4.69) is 6.07 Å². The second-order valence-electron chi connectivity index (χ2n) is 5.11. The molecule has 0 spiro atoms. The summed E-state index contributed by atoms with van der Waals surface area (Å²) in [4.78, 5) is 11.1. The Bertz CT molecular complexity index is 542. The molecule has 0 bridgehead atoms. The third kappa shape index (κ3) is 2.65. The first-order valence-electron chi connectivity index (χ1n) is 6.99. The van der Waals surface area contributed by atoms with Crippen molar-refractivity contribution in [3.8, 4) is 0 Å². The van der Waals surface area contributed by atoms with Gasteiger partial charge in [0.15, 0.2) is 5.78 Å². The van der Waals surface area contributed by atoms with Gasteiger partial charge in [-0.1, -0.05) is 0 Å². The van der Waals surface area contributed by atoms with E-state index in [0.29, 0.717) is 6.42 Å². The summed E-state index contributed by atoms with van der Waals surface area (Å²) in [5.74, 6) is 2.33. The molecule has 4 rings (SSSR count). The van der Waals surface area contributed by atoms with Gasteiger partial charge in [-0.05, 0) is 43.4 Å². The second-order valence-corrected chi connectivity index (χ2v) is 5.11. The minimum absolute atomic E-state index is 0.231. The van der Waals surface area contributed by atoms with Gasteiger partial charge in [0, 0.05) is 19.3 Å². The lowest BCUT2D eigenvalue weighted by atomic mass is 9.98. The molecule has 2 aromatic rings. The molecule has 100 valence electrons. The van der Waals surface area contributed by atoms with Crippen LogP contribution in [-0.2, 0) is 19.3 Å². The van der Waals surface area contributed by atoms with Gasteiger partial charge in [0.05, 0.1) is 18.1 Å². The fraction of sp³-hybridized carbons (Fsp3) is 0.438. The Balaban J connectivity index is 0.000000117. The van der Waals surface area contributed by atoms with Crippen molar-refractivity contribution in [1.82, 2.24) is 0 Å². The van der Waals surface area contributed by atoms with Crippen LogP contribution in [0.3, 0.4) is 0 Å². The lowest BCUT2D eigenvalue weighted by Gasteiger charge is -2.07. The van der Waals surface area contributed by atoms with Gasteiger partial charge in [0.25, 0.3) is 0 Å². The molecule has 0 saturated heterocycles. The zero-order valence-corrected chi connectivity index (χ0v) is 11.0. The highest BCUT2D eigenvalue weighted by atomic mass is 16.3. The van der Waals surface area contributed by atoms with E-state index < -0.39 is 0 Å². The van der Waals surface area contributed by atoms with E-state index in [-0.39, 0.29) is 5.78 Å². The Morgan fingerprint density at radius 2 is 1.53 bits per heavy atom. The number of aryl methyl sites for hydroxylation is 3. The molecule has 0 aromatic carbocycles. The number of furan rings is 2. The Morgan fingerprint density at radius 1 is 0.789 bits per heavy atom. The van der Waals surface area contributed by atoms with Crippen molar-refractivity contribution < 1.29 is 13.6 Å². The van der Waals surface area contributed by atoms with Crippen molar-refractivity contribution in [3.05, 3.63) is 47.3 Å². The van der Waals surface area contributed by atoms with Gasteiger partial charge < -0.3 is 8.83 Å². The smallest absolute Gasteiger partial charge is 0.166 e. The standard InChI is InChI=1S/C8H8O2.C8H10O/c9-7-2-1-3-8-6(7)4-5-10-8;1-2-4-8-7(3-1)5-6-9-8/h4-5H,1-3H2;5-6H,1-4H2. The van der Waals surface area contributed by atoms with E-state index in [1.54, 1.807) is 18.6 Å². The Morgan fingerprint density at radius 3 is 2.37 bits per heavy atom. The molecule has 0 radical (unpaired) electrons. The fourth-order valence-electron chi connectivity index (χ4n) is 2.74. The van der Waals surface area contributed by atoms with Crippen molar-refractivity contribution in [2.75, 3.05) is 0 Å². The molecule has 3 heteroatoms. The average molecular weight is 258 g/mol. The lowest BCUT2D eigenvalue weighted by molar-refractivity contribution is 0.0969. The molecule has 3 nitrogen and oxygen atoms in total. The van der Waals surface area contributed by atoms with Crippen molar-refractivity contribution in [2.45, 2.75) is 44.9 Å². The van der Waals surface area contributed by atoms with E-state index in [9.17, 15) is 4.79 Å². The number of Topliss-reactive ketones (excluding diaryl/α,β-unsaturated/α-hetero) is 1. The minimum Gasteiger partial charge on any atom is -0.469 e. The molecule has 0 aliphatic heterocycles. The van der Waals surface area contributed by atoms with Crippen LogP contribution in [0.2, 0.25) is 0 Å². The van der Waals surface area contributed by atoms with Crippen molar-refractivity contribution in [1.29, 1.82) is 0 Å². The first kappa shape index (κ1) is 12.3. The number of ketones is 1. The largest absolute Gasteiger partial charge is 0.469 e. The topological polar surface area (TPSA) is 43.4 Å². The molecular weight excluding hydrogens is 240 g/mol. The third-order valence-electron chi connectivity index (χ3n) is 3.79. The highest BCUT2D eigenvalue weighted by Gasteiger charge is 2.18. The Hall–Kier alpha value is -1.77. The predicted octanol–water partition coefficient (Wildman–Crippen LogP) is 3.96. The van der Waals surface area contributed by atoms with Crippen molar-refractivity contribution >= 4 is 5.78 Å². The number of hydrogen-bond donors (Lipinski definition) is 0. The molecule has 0 atom stereocenters. The maximum absolute atomic E-state index is 11.1. The summed E-state index contributed by atoms with van der Waals surface area (Å²) in [6.07, 6.45) is 11.0. The number of fused-ring (bicyclic) bond motifs is 2. The van der Waals surface area contributed by atoms with E-state index in [1.165, 1.54) is 30.6 Å². The monoisotopic (exact) mass is 258 g/mol. The predicted molar refractivity (Wildman–Crippen MR) is 71.3 cm³/mol. The number of carbonyl (C=O) groups is 1. The molecule has 0 saturated carbocycles. The van der Waals surface area contributed by atoms with Gasteiger partial charge >= 0.3 is 0 Å². The average Bonchev–Trinajstić information content (AvgIpc) is 3.08. The van der Waals surface area contributed by atoms with Gasteiger partial charge in [0.2, 0.25) is 0 Å².